The molecule has 2 atom stereocenters. The summed E-state index contributed by atoms with van der Waals surface area (Å²) in [6.07, 6.45) is 1.28. The minimum Gasteiger partial charge on any atom is -0.301 e. The molecule has 1 aliphatic rings. The van der Waals surface area contributed by atoms with Gasteiger partial charge in [0.1, 0.15) is 0 Å². The van der Waals surface area contributed by atoms with Gasteiger partial charge in [0, 0.05) is 25.2 Å². The summed E-state index contributed by atoms with van der Waals surface area (Å²) < 4.78 is 0. The van der Waals surface area contributed by atoms with Gasteiger partial charge in [-0.25, -0.2) is 0 Å². The van der Waals surface area contributed by atoms with E-state index >= 15 is 0 Å². The van der Waals surface area contributed by atoms with Crippen LogP contribution in [-0.2, 0) is 0 Å². The van der Waals surface area contributed by atoms with Crippen molar-refractivity contribution in [3.8, 4) is 0 Å². The predicted octanol–water partition coefficient (Wildman–Crippen LogP) is 1.42. The predicted molar refractivity (Wildman–Crippen MR) is 53.4 cm³/mol. The van der Waals surface area contributed by atoms with E-state index in [0.29, 0.717) is 6.04 Å². The lowest BCUT2D eigenvalue weighted by atomic mass is 10.1. The van der Waals surface area contributed by atoms with Gasteiger partial charge in [-0.1, -0.05) is 6.92 Å². The van der Waals surface area contributed by atoms with Crippen LogP contribution in [0.2, 0.25) is 0 Å². The second kappa shape index (κ2) is 4.24. The SMILES string of the molecule is CCCN1CCN(C)C(C)C1C. The van der Waals surface area contributed by atoms with Gasteiger partial charge in [0.2, 0.25) is 0 Å². The van der Waals surface area contributed by atoms with Gasteiger partial charge in [-0.05, 0) is 33.9 Å². The van der Waals surface area contributed by atoms with Crippen LogP contribution in [0.4, 0.5) is 0 Å². The van der Waals surface area contributed by atoms with Gasteiger partial charge >= 0.3 is 0 Å². The first-order valence-corrected chi connectivity index (χ1v) is 5.11. The number of piperazine rings is 1. The fourth-order valence-electron chi connectivity index (χ4n) is 1.97. The first-order valence-electron chi connectivity index (χ1n) is 5.11. The molecule has 0 N–H and O–H groups in total. The van der Waals surface area contributed by atoms with Crippen molar-refractivity contribution in [1.29, 1.82) is 0 Å². The van der Waals surface area contributed by atoms with Crippen LogP contribution in [0.15, 0.2) is 0 Å². The lowest BCUT2D eigenvalue weighted by Crippen LogP contribution is -2.55. The first-order chi connectivity index (χ1) is 5.66. The van der Waals surface area contributed by atoms with E-state index < -0.39 is 0 Å². The molecule has 2 heteroatoms. The summed E-state index contributed by atoms with van der Waals surface area (Å²) in [6, 6.07) is 1.44. The van der Waals surface area contributed by atoms with Crippen molar-refractivity contribution in [3.05, 3.63) is 0 Å². The van der Waals surface area contributed by atoms with Crippen LogP contribution in [0.5, 0.6) is 0 Å². The van der Waals surface area contributed by atoms with Crippen molar-refractivity contribution < 1.29 is 0 Å². The van der Waals surface area contributed by atoms with Crippen LogP contribution in [0, 0.1) is 0 Å². The molecule has 2 unspecified atom stereocenters. The van der Waals surface area contributed by atoms with Gasteiger partial charge in [0.15, 0.2) is 0 Å². The Balaban J connectivity index is 2.46. The van der Waals surface area contributed by atoms with Gasteiger partial charge in [-0.2, -0.15) is 0 Å². The topological polar surface area (TPSA) is 6.48 Å². The van der Waals surface area contributed by atoms with E-state index in [9.17, 15) is 0 Å². The molecule has 1 heterocycles. The Labute approximate surface area is 76.5 Å². The van der Waals surface area contributed by atoms with Crippen molar-refractivity contribution in [2.75, 3.05) is 26.7 Å². The quantitative estimate of drug-likeness (QED) is 0.618. The second-order valence-corrected chi connectivity index (χ2v) is 4.00. The van der Waals surface area contributed by atoms with Crippen molar-refractivity contribution >= 4 is 0 Å². The number of likely N-dealkylation sites (N-methyl/N-ethyl adjacent to an activating group) is 1. The van der Waals surface area contributed by atoms with E-state index in [0.717, 1.165) is 6.04 Å². The zero-order valence-corrected chi connectivity index (χ0v) is 8.88. The number of nitrogens with zero attached hydrogens (tertiary/aromatic N) is 2. The molecule has 12 heavy (non-hydrogen) atoms. The normalized spacial score (nSPS) is 34.0. The van der Waals surface area contributed by atoms with E-state index in [2.05, 4.69) is 37.6 Å². The summed E-state index contributed by atoms with van der Waals surface area (Å²) in [5.41, 5.74) is 0. The van der Waals surface area contributed by atoms with E-state index in [1.54, 1.807) is 0 Å². The highest BCUT2D eigenvalue weighted by molar-refractivity contribution is 4.84. The third-order valence-electron chi connectivity index (χ3n) is 3.22. The Morgan fingerprint density at radius 2 is 1.83 bits per heavy atom. The average Bonchev–Trinajstić information content (AvgIpc) is 2.07. The zero-order chi connectivity index (χ0) is 9.14. The van der Waals surface area contributed by atoms with Crippen molar-refractivity contribution in [2.45, 2.75) is 39.3 Å². The lowest BCUT2D eigenvalue weighted by Gasteiger charge is -2.43. The van der Waals surface area contributed by atoms with E-state index in [1.807, 2.05) is 0 Å². The van der Waals surface area contributed by atoms with Crippen molar-refractivity contribution in [3.63, 3.8) is 0 Å². The maximum atomic E-state index is 2.60. The van der Waals surface area contributed by atoms with Crippen molar-refractivity contribution in [2.24, 2.45) is 0 Å². The van der Waals surface area contributed by atoms with Gasteiger partial charge in [0.25, 0.3) is 0 Å². The Kier molecular flexibility index (Phi) is 3.53. The molecule has 1 saturated heterocycles. The van der Waals surface area contributed by atoms with Crippen LogP contribution in [-0.4, -0.2) is 48.6 Å². The number of rotatable bonds is 2. The number of hydrogen-bond donors (Lipinski definition) is 0. The molecule has 1 fully saturated rings. The van der Waals surface area contributed by atoms with Crippen LogP contribution in [0.1, 0.15) is 27.2 Å². The Morgan fingerprint density at radius 1 is 1.17 bits per heavy atom. The van der Waals surface area contributed by atoms with Gasteiger partial charge in [0.05, 0.1) is 0 Å². The maximum Gasteiger partial charge on any atom is 0.0221 e. The minimum atomic E-state index is 0.713. The van der Waals surface area contributed by atoms with E-state index in [-0.39, 0.29) is 0 Å². The average molecular weight is 170 g/mol. The summed E-state index contributed by atoms with van der Waals surface area (Å²) in [5.74, 6) is 0. The third kappa shape index (κ3) is 1.99. The molecule has 0 aromatic rings. The molecule has 0 saturated carbocycles. The monoisotopic (exact) mass is 170 g/mol. The largest absolute Gasteiger partial charge is 0.301 e. The molecule has 0 radical (unpaired) electrons. The summed E-state index contributed by atoms with van der Waals surface area (Å²) in [7, 11) is 2.23. The summed E-state index contributed by atoms with van der Waals surface area (Å²) in [4.78, 5) is 5.06. The second-order valence-electron chi connectivity index (χ2n) is 4.00. The molecule has 0 aromatic heterocycles. The summed E-state index contributed by atoms with van der Waals surface area (Å²) in [5, 5.41) is 0. The summed E-state index contributed by atoms with van der Waals surface area (Å²) >= 11 is 0. The highest BCUT2D eigenvalue weighted by Crippen LogP contribution is 2.14. The zero-order valence-electron chi connectivity index (χ0n) is 8.88. The van der Waals surface area contributed by atoms with E-state index in [4.69, 9.17) is 0 Å². The maximum absolute atomic E-state index is 2.60. The molecule has 0 bridgehead atoms. The Morgan fingerprint density at radius 3 is 2.42 bits per heavy atom. The smallest absolute Gasteiger partial charge is 0.0221 e. The Hall–Kier alpha value is -0.0800. The molecule has 1 rings (SSSR count). The fraction of sp³-hybridized carbons (Fsp3) is 1.00. The highest BCUT2D eigenvalue weighted by atomic mass is 15.3. The Bertz CT molecular complexity index is 136. The third-order valence-corrected chi connectivity index (χ3v) is 3.22. The van der Waals surface area contributed by atoms with Gasteiger partial charge in [-0.3, -0.25) is 4.90 Å². The highest BCUT2D eigenvalue weighted by Gasteiger charge is 2.27. The molecule has 0 aromatic carbocycles. The van der Waals surface area contributed by atoms with Crippen LogP contribution >= 0.6 is 0 Å². The molecule has 0 aliphatic carbocycles. The van der Waals surface area contributed by atoms with Gasteiger partial charge in [-0.15, -0.1) is 0 Å². The molecule has 2 nitrogen and oxygen atoms in total. The van der Waals surface area contributed by atoms with Crippen LogP contribution in [0.3, 0.4) is 0 Å². The number of hydrogen-bond acceptors (Lipinski definition) is 2. The van der Waals surface area contributed by atoms with Crippen LogP contribution < -0.4 is 0 Å². The lowest BCUT2D eigenvalue weighted by molar-refractivity contribution is 0.0529. The molecule has 72 valence electrons. The minimum absolute atomic E-state index is 0.713. The molecule has 1 aliphatic heterocycles. The van der Waals surface area contributed by atoms with Crippen LogP contribution in [0.25, 0.3) is 0 Å². The molecule has 0 amide bonds. The van der Waals surface area contributed by atoms with Crippen molar-refractivity contribution in [1.82, 2.24) is 9.80 Å². The molecule has 0 spiro atoms. The summed E-state index contributed by atoms with van der Waals surface area (Å²) in [6.45, 7) is 10.7. The van der Waals surface area contributed by atoms with E-state index in [1.165, 1.54) is 26.1 Å². The standard InChI is InChI=1S/C10H22N2/c1-5-6-12-8-7-11(4)9(2)10(12)3/h9-10H,5-8H2,1-4H3. The molecular weight excluding hydrogens is 148 g/mol. The van der Waals surface area contributed by atoms with Gasteiger partial charge < -0.3 is 4.90 Å². The first kappa shape index (κ1) is 10.0. The fourth-order valence-corrected chi connectivity index (χ4v) is 1.97. The molecular formula is C10H22N2.